The monoisotopic (exact) mass is 315 g/mol. The second kappa shape index (κ2) is 5.81. The molecule has 0 spiro atoms. The molecule has 2 aromatic rings. The molecule has 0 saturated carbocycles. The fraction of sp³-hybridized carbons (Fsp3) is 0.176. The summed E-state index contributed by atoms with van der Waals surface area (Å²) in [6, 6.07) is 13.4. The van der Waals surface area contributed by atoms with Crippen LogP contribution in [0.1, 0.15) is 21.5 Å². The molecule has 22 heavy (non-hydrogen) atoms. The number of hydrogen-bond acceptors (Lipinski definition) is 2. The van der Waals surface area contributed by atoms with Gasteiger partial charge in [0, 0.05) is 23.6 Å². The highest BCUT2D eigenvalue weighted by atomic mass is 35.5. The molecule has 1 amide bonds. The predicted molar refractivity (Wildman–Crippen MR) is 82.9 cm³/mol. The average molecular weight is 316 g/mol. The lowest BCUT2D eigenvalue weighted by atomic mass is 9.93. The van der Waals surface area contributed by atoms with Crippen LogP contribution in [0.15, 0.2) is 48.5 Å². The van der Waals surface area contributed by atoms with Gasteiger partial charge in [0.1, 0.15) is 6.04 Å². The summed E-state index contributed by atoms with van der Waals surface area (Å²) in [5.41, 5.74) is 2.21. The largest absolute Gasteiger partial charge is 0.480 e. The van der Waals surface area contributed by atoms with Gasteiger partial charge in [0.2, 0.25) is 0 Å². The fourth-order valence-corrected chi connectivity index (χ4v) is 2.84. The topological polar surface area (TPSA) is 57.6 Å². The van der Waals surface area contributed by atoms with Crippen LogP contribution >= 0.6 is 11.6 Å². The van der Waals surface area contributed by atoms with Crippen molar-refractivity contribution in [2.24, 2.45) is 0 Å². The Kier molecular flexibility index (Phi) is 3.86. The van der Waals surface area contributed by atoms with Crippen LogP contribution in [0.2, 0.25) is 5.02 Å². The molecule has 5 heteroatoms. The lowest BCUT2D eigenvalue weighted by molar-refractivity contribution is -0.142. The SMILES string of the molecule is O=C(O)C1Cc2ccccc2C(=O)N1Cc1ccc(Cl)cc1. The molecule has 3 rings (SSSR count). The first kappa shape index (κ1) is 14.6. The highest BCUT2D eigenvalue weighted by molar-refractivity contribution is 6.30. The number of benzene rings is 2. The van der Waals surface area contributed by atoms with E-state index in [0.29, 0.717) is 17.0 Å². The number of carbonyl (C=O) groups excluding carboxylic acids is 1. The number of aliphatic carboxylic acids is 1. The molecule has 0 aliphatic carbocycles. The van der Waals surface area contributed by atoms with Crippen molar-refractivity contribution in [2.45, 2.75) is 19.0 Å². The molecule has 1 N–H and O–H groups in total. The zero-order chi connectivity index (χ0) is 15.7. The van der Waals surface area contributed by atoms with Crippen LogP contribution in [-0.4, -0.2) is 27.9 Å². The first-order valence-electron chi connectivity index (χ1n) is 6.92. The van der Waals surface area contributed by atoms with E-state index in [9.17, 15) is 14.7 Å². The van der Waals surface area contributed by atoms with Crippen LogP contribution in [0.3, 0.4) is 0 Å². The van der Waals surface area contributed by atoms with E-state index in [1.807, 2.05) is 12.1 Å². The van der Waals surface area contributed by atoms with Crippen molar-refractivity contribution < 1.29 is 14.7 Å². The van der Waals surface area contributed by atoms with Crippen molar-refractivity contribution in [3.8, 4) is 0 Å². The fourth-order valence-electron chi connectivity index (χ4n) is 2.71. The number of halogens is 1. The number of carboxylic acids is 1. The van der Waals surface area contributed by atoms with E-state index in [1.165, 1.54) is 4.90 Å². The highest BCUT2D eigenvalue weighted by Crippen LogP contribution is 2.25. The summed E-state index contributed by atoms with van der Waals surface area (Å²) in [4.78, 5) is 25.6. The molecule has 2 aromatic carbocycles. The van der Waals surface area contributed by atoms with Gasteiger partial charge in [-0.2, -0.15) is 0 Å². The van der Waals surface area contributed by atoms with Crippen LogP contribution in [-0.2, 0) is 17.8 Å². The summed E-state index contributed by atoms with van der Waals surface area (Å²) in [5.74, 6) is -1.24. The van der Waals surface area contributed by atoms with Gasteiger partial charge in [0.15, 0.2) is 0 Å². The van der Waals surface area contributed by atoms with Gasteiger partial charge in [0.25, 0.3) is 5.91 Å². The summed E-state index contributed by atoms with van der Waals surface area (Å²) in [5, 5.41) is 10.1. The average Bonchev–Trinajstić information content (AvgIpc) is 2.51. The molecule has 0 fully saturated rings. The van der Waals surface area contributed by atoms with Crippen LogP contribution < -0.4 is 0 Å². The smallest absolute Gasteiger partial charge is 0.326 e. The molecule has 0 radical (unpaired) electrons. The molecule has 0 aromatic heterocycles. The third-order valence-electron chi connectivity index (χ3n) is 3.85. The maximum absolute atomic E-state index is 12.6. The molecule has 1 aliphatic heterocycles. The van der Waals surface area contributed by atoms with Crippen LogP contribution in [0, 0.1) is 0 Å². The number of amides is 1. The number of hydrogen-bond donors (Lipinski definition) is 1. The first-order chi connectivity index (χ1) is 10.6. The minimum atomic E-state index is -0.989. The van der Waals surface area contributed by atoms with E-state index in [-0.39, 0.29) is 12.5 Å². The molecule has 1 aliphatic rings. The Morgan fingerprint density at radius 2 is 1.86 bits per heavy atom. The van der Waals surface area contributed by atoms with E-state index in [2.05, 4.69) is 0 Å². The predicted octanol–water partition coefficient (Wildman–Crippen LogP) is 2.99. The molecule has 0 bridgehead atoms. The Labute approximate surface area is 132 Å². The van der Waals surface area contributed by atoms with Crippen molar-refractivity contribution in [3.05, 3.63) is 70.2 Å². The summed E-state index contributed by atoms with van der Waals surface area (Å²) in [7, 11) is 0. The van der Waals surface area contributed by atoms with E-state index in [4.69, 9.17) is 11.6 Å². The Morgan fingerprint density at radius 3 is 2.55 bits per heavy atom. The molecule has 1 unspecified atom stereocenters. The number of nitrogens with zero attached hydrogens (tertiary/aromatic N) is 1. The Hall–Kier alpha value is -2.33. The normalized spacial score (nSPS) is 17.2. The number of fused-ring (bicyclic) bond motifs is 1. The van der Waals surface area contributed by atoms with Gasteiger partial charge in [-0.05, 0) is 29.3 Å². The third-order valence-corrected chi connectivity index (χ3v) is 4.10. The van der Waals surface area contributed by atoms with Crippen LogP contribution in [0.5, 0.6) is 0 Å². The second-order valence-electron chi connectivity index (χ2n) is 5.27. The van der Waals surface area contributed by atoms with Crippen LogP contribution in [0.25, 0.3) is 0 Å². The maximum Gasteiger partial charge on any atom is 0.326 e. The van der Waals surface area contributed by atoms with Crippen molar-refractivity contribution in [1.82, 2.24) is 4.90 Å². The van der Waals surface area contributed by atoms with Gasteiger partial charge in [-0.1, -0.05) is 41.9 Å². The molecule has 112 valence electrons. The van der Waals surface area contributed by atoms with Crippen LogP contribution in [0.4, 0.5) is 0 Å². The molecule has 4 nitrogen and oxygen atoms in total. The molecular formula is C17H14ClNO3. The molecule has 1 heterocycles. The van der Waals surface area contributed by atoms with E-state index in [0.717, 1.165) is 11.1 Å². The minimum absolute atomic E-state index is 0.246. The Balaban J connectivity index is 1.95. The highest BCUT2D eigenvalue weighted by Gasteiger charge is 2.36. The maximum atomic E-state index is 12.6. The second-order valence-corrected chi connectivity index (χ2v) is 5.71. The number of rotatable bonds is 3. The van der Waals surface area contributed by atoms with E-state index >= 15 is 0 Å². The lowest BCUT2D eigenvalue weighted by Gasteiger charge is -2.34. The third kappa shape index (κ3) is 2.70. The minimum Gasteiger partial charge on any atom is -0.480 e. The summed E-state index contributed by atoms with van der Waals surface area (Å²) in [6.45, 7) is 0.251. The van der Waals surface area contributed by atoms with E-state index in [1.54, 1.807) is 36.4 Å². The first-order valence-corrected chi connectivity index (χ1v) is 7.30. The number of carboxylic acid groups (broad SMARTS) is 1. The Bertz CT molecular complexity index is 727. The van der Waals surface area contributed by atoms with Crippen molar-refractivity contribution in [2.75, 3.05) is 0 Å². The van der Waals surface area contributed by atoms with Crippen molar-refractivity contribution >= 4 is 23.5 Å². The molecule has 0 saturated heterocycles. The van der Waals surface area contributed by atoms with Gasteiger partial charge < -0.3 is 10.0 Å². The molecule has 1 atom stereocenters. The van der Waals surface area contributed by atoms with Gasteiger partial charge in [-0.15, -0.1) is 0 Å². The van der Waals surface area contributed by atoms with Gasteiger partial charge in [0.05, 0.1) is 0 Å². The summed E-state index contributed by atoms with van der Waals surface area (Å²) < 4.78 is 0. The lowest BCUT2D eigenvalue weighted by Crippen LogP contribution is -2.49. The number of carbonyl (C=O) groups is 2. The molecular weight excluding hydrogens is 302 g/mol. The van der Waals surface area contributed by atoms with E-state index < -0.39 is 12.0 Å². The summed E-state index contributed by atoms with van der Waals surface area (Å²) in [6.07, 6.45) is 0.324. The summed E-state index contributed by atoms with van der Waals surface area (Å²) >= 11 is 5.85. The van der Waals surface area contributed by atoms with Gasteiger partial charge >= 0.3 is 5.97 Å². The van der Waals surface area contributed by atoms with Crippen molar-refractivity contribution in [3.63, 3.8) is 0 Å². The zero-order valence-corrected chi connectivity index (χ0v) is 12.5. The van der Waals surface area contributed by atoms with Crippen molar-refractivity contribution in [1.29, 1.82) is 0 Å². The van der Waals surface area contributed by atoms with Gasteiger partial charge in [-0.25, -0.2) is 4.79 Å². The Morgan fingerprint density at radius 1 is 1.18 bits per heavy atom. The standard InChI is InChI=1S/C17H14ClNO3/c18-13-7-5-11(6-8-13)10-19-15(17(21)22)9-12-3-1-2-4-14(12)16(19)20/h1-8,15H,9-10H2,(H,21,22). The quantitative estimate of drug-likeness (QED) is 0.947. The van der Waals surface area contributed by atoms with Gasteiger partial charge in [-0.3, -0.25) is 4.79 Å². The zero-order valence-electron chi connectivity index (χ0n) is 11.7.